The van der Waals surface area contributed by atoms with E-state index in [-0.39, 0.29) is 10.9 Å². The standard InChI is InChI=1S/C14H17ClN2O2S2/c1-8-6-11(16)9(2)13(7-8)21(18,19)17-10(3)12-4-5-14(15)20-12/h4-7,10,17H,16H2,1-3H3. The first-order chi connectivity index (χ1) is 9.70. The first-order valence-electron chi connectivity index (χ1n) is 6.35. The minimum Gasteiger partial charge on any atom is -0.398 e. The summed E-state index contributed by atoms with van der Waals surface area (Å²) in [4.78, 5) is 1.08. The summed E-state index contributed by atoms with van der Waals surface area (Å²) in [5.74, 6) is 0. The predicted molar refractivity (Wildman–Crippen MR) is 88.4 cm³/mol. The van der Waals surface area contributed by atoms with Gasteiger partial charge in [-0.3, -0.25) is 0 Å². The summed E-state index contributed by atoms with van der Waals surface area (Å²) in [5, 5.41) is 0. The van der Waals surface area contributed by atoms with Gasteiger partial charge in [-0.15, -0.1) is 11.3 Å². The molecule has 3 N–H and O–H groups in total. The second-order valence-electron chi connectivity index (χ2n) is 4.96. The minimum atomic E-state index is -3.64. The van der Waals surface area contributed by atoms with Crippen LogP contribution in [0.3, 0.4) is 0 Å². The lowest BCUT2D eigenvalue weighted by atomic mass is 10.1. The van der Waals surface area contributed by atoms with Gasteiger partial charge >= 0.3 is 0 Å². The Labute approximate surface area is 134 Å². The van der Waals surface area contributed by atoms with Crippen LogP contribution in [0.4, 0.5) is 5.69 Å². The van der Waals surface area contributed by atoms with Gasteiger partial charge in [0.05, 0.1) is 15.3 Å². The molecule has 1 aromatic heterocycles. The molecule has 0 saturated carbocycles. The Kier molecular flexibility index (Phi) is 4.63. The van der Waals surface area contributed by atoms with Crippen molar-refractivity contribution >= 4 is 38.6 Å². The zero-order valence-electron chi connectivity index (χ0n) is 12.0. The molecule has 0 fully saturated rings. The molecule has 114 valence electrons. The highest BCUT2D eigenvalue weighted by atomic mass is 35.5. The molecule has 0 aliphatic rings. The van der Waals surface area contributed by atoms with Crippen LogP contribution in [0.15, 0.2) is 29.2 Å². The van der Waals surface area contributed by atoms with Crippen molar-refractivity contribution in [2.75, 3.05) is 5.73 Å². The highest BCUT2D eigenvalue weighted by Gasteiger charge is 2.22. The Hall–Kier alpha value is -1.08. The molecule has 0 bridgehead atoms. The molecule has 1 heterocycles. The third-order valence-corrected chi connectivity index (χ3v) is 6.27. The molecule has 0 radical (unpaired) electrons. The Morgan fingerprint density at radius 2 is 1.95 bits per heavy atom. The molecule has 0 saturated heterocycles. The molecule has 2 aromatic rings. The van der Waals surface area contributed by atoms with Gasteiger partial charge in [0.25, 0.3) is 0 Å². The maximum Gasteiger partial charge on any atom is 0.241 e. The lowest BCUT2D eigenvalue weighted by Crippen LogP contribution is -2.27. The number of hydrogen-bond acceptors (Lipinski definition) is 4. The zero-order valence-corrected chi connectivity index (χ0v) is 14.4. The van der Waals surface area contributed by atoms with Gasteiger partial charge in [-0.05, 0) is 56.2 Å². The fourth-order valence-electron chi connectivity index (χ4n) is 2.05. The molecule has 0 aliphatic carbocycles. The van der Waals surface area contributed by atoms with Crippen molar-refractivity contribution in [3.05, 3.63) is 44.6 Å². The van der Waals surface area contributed by atoms with Gasteiger partial charge in [0.15, 0.2) is 0 Å². The number of nitrogens with one attached hydrogen (secondary N) is 1. The van der Waals surface area contributed by atoms with E-state index in [0.29, 0.717) is 15.6 Å². The summed E-state index contributed by atoms with van der Waals surface area (Å²) in [6.45, 7) is 5.31. The van der Waals surface area contributed by atoms with E-state index in [4.69, 9.17) is 17.3 Å². The smallest absolute Gasteiger partial charge is 0.241 e. The average Bonchev–Trinajstić information content (AvgIpc) is 2.80. The molecule has 2 rings (SSSR count). The predicted octanol–water partition coefficient (Wildman–Crippen LogP) is 3.64. The molecule has 1 aromatic carbocycles. The molecule has 21 heavy (non-hydrogen) atoms. The lowest BCUT2D eigenvalue weighted by molar-refractivity contribution is 0.568. The normalized spacial score (nSPS) is 13.3. The van der Waals surface area contributed by atoms with Crippen LogP contribution in [-0.2, 0) is 10.0 Å². The SMILES string of the molecule is Cc1cc(N)c(C)c(S(=O)(=O)NC(C)c2ccc(Cl)s2)c1. The van der Waals surface area contributed by atoms with E-state index in [2.05, 4.69) is 4.72 Å². The third-order valence-electron chi connectivity index (χ3n) is 3.19. The van der Waals surface area contributed by atoms with Gasteiger partial charge < -0.3 is 5.73 Å². The quantitative estimate of drug-likeness (QED) is 0.832. The van der Waals surface area contributed by atoms with Crippen molar-refractivity contribution in [1.82, 2.24) is 4.72 Å². The first kappa shape index (κ1) is 16.3. The summed E-state index contributed by atoms with van der Waals surface area (Å²) in [5.41, 5.74) is 7.70. The van der Waals surface area contributed by atoms with E-state index in [1.807, 2.05) is 13.0 Å². The van der Waals surface area contributed by atoms with E-state index in [9.17, 15) is 8.42 Å². The number of anilines is 1. The summed E-state index contributed by atoms with van der Waals surface area (Å²) in [7, 11) is -3.64. The number of aryl methyl sites for hydroxylation is 1. The number of rotatable bonds is 4. The molecular weight excluding hydrogens is 328 g/mol. The van der Waals surface area contributed by atoms with Crippen molar-refractivity contribution < 1.29 is 8.42 Å². The van der Waals surface area contributed by atoms with Crippen LogP contribution in [0.2, 0.25) is 4.34 Å². The van der Waals surface area contributed by atoms with Gasteiger partial charge in [0, 0.05) is 10.6 Å². The average molecular weight is 345 g/mol. The van der Waals surface area contributed by atoms with Crippen LogP contribution < -0.4 is 10.5 Å². The van der Waals surface area contributed by atoms with Gasteiger partial charge in [0.1, 0.15) is 0 Å². The van der Waals surface area contributed by atoms with E-state index in [1.54, 1.807) is 32.0 Å². The monoisotopic (exact) mass is 344 g/mol. The fourth-order valence-corrected chi connectivity index (χ4v) is 4.77. The molecular formula is C14H17ClN2O2S2. The first-order valence-corrected chi connectivity index (χ1v) is 9.03. The number of halogens is 1. The van der Waals surface area contributed by atoms with Crippen LogP contribution in [0.1, 0.15) is 29.0 Å². The lowest BCUT2D eigenvalue weighted by Gasteiger charge is -2.16. The van der Waals surface area contributed by atoms with E-state index < -0.39 is 10.0 Å². The molecule has 0 amide bonds. The van der Waals surface area contributed by atoms with Crippen molar-refractivity contribution in [2.45, 2.75) is 31.7 Å². The van der Waals surface area contributed by atoms with Crippen molar-refractivity contribution in [1.29, 1.82) is 0 Å². The van der Waals surface area contributed by atoms with Crippen LogP contribution in [0.5, 0.6) is 0 Å². The van der Waals surface area contributed by atoms with E-state index in [0.717, 1.165) is 10.4 Å². The van der Waals surface area contributed by atoms with Crippen molar-refractivity contribution in [2.24, 2.45) is 0 Å². The zero-order chi connectivity index (χ0) is 15.8. The molecule has 7 heteroatoms. The number of nitrogen functional groups attached to an aromatic ring is 1. The van der Waals surface area contributed by atoms with Crippen LogP contribution in [0.25, 0.3) is 0 Å². The summed E-state index contributed by atoms with van der Waals surface area (Å²) < 4.78 is 28.4. The number of sulfonamides is 1. The highest BCUT2D eigenvalue weighted by Crippen LogP contribution is 2.29. The largest absolute Gasteiger partial charge is 0.398 e. The fraction of sp³-hybridized carbons (Fsp3) is 0.286. The summed E-state index contributed by atoms with van der Waals surface area (Å²) in [6.07, 6.45) is 0. The third kappa shape index (κ3) is 3.58. The van der Waals surface area contributed by atoms with Crippen LogP contribution in [-0.4, -0.2) is 8.42 Å². The molecule has 0 aliphatic heterocycles. The van der Waals surface area contributed by atoms with E-state index >= 15 is 0 Å². The minimum absolute atomic E-state index is 0.217. The van der Waals surface area contributed by atoms with Crippen LogP contribution >= 0.6 is 22.9 Å². The second kappa shape index (κ2) is 5.96. The van der Waals surface area contributed by atoms with Crippen LogP contribution in [0, 0.1) is 13.8 Å². The Balaban J connectivity index is 2.35. The summed E-state index contributed by atoms with van der Waals surface area (Å²) in [6, 6.07) is 6.60. The van der Waals surface area contributed by atoms with Gasteiger partial charge in [-0.25, -0.2) is 13.1 Å². The Morgan fingerprint density at radius 1 is 1.29 bits per heavy atom. The van der Waals surface area contributed by atoms with Gasteiger partial charge in [-0.1, -0.05) is 11.6 Å². The molecule has 1 atom stereocenters. The number of thiophene rings is 1. The topological polar surface area (TPSA) is 72.2 Å². The highest BCUT2D eigenvalue weighted by molar-refractivity contribution is 7.89. The second-order valence-corrected chi connectivity index (χ2v) is 8.39. The Bertz CT molecular complexity index is 769. The van der Waals surface area contributed by atoms with Gasteiger partial charge in [0.2, 0.25) is 10.0 Å². The number of hydrogen-bond donors (Lipinski definition) is 2. The molecule has 0 spiro atoms. The summed E-state index contributed by atoms with van der Waals surface area (Å²) >= 11 is 7.24. The Morgan fingerprint density at radius 3 is 2.52 bits per heavy atom. The van der Waals surface area contributed by atoms with E-state index in [1.165, 1.54) is 11.3 Å². The van der Waals surface area contributed by atoms with Gasteiger partial charge in [-0.2, -0.15) is 0 Å². The molecule has 4 nitrogen and oxygen atoms in total. The number of benzene rings is 1. The maximum absolute atomic E-state index is 12.6. The molecule has 1 unspecified atom stereocenters. The van der Waals surface area contributed by atoms with Crippen molar-refractivity contribution in [3.8, 4) is 0 Å². The van der Waals surface area contributed by atoms with Crippen molar-refractivity contribution in [3.63, 3.8) is 0 Å². The number of nitrogens with two attached hydrogens (primary N) is 1. The maximum atomic E-state index is 12.6.